The van der Waals surface area contributed by atoms with Crippen molar-refractivity contribution in [1.82, 2.24) is 15.1 Å². The first-order valence-corrected chi connectivity index (χ1v) is 5.87. The van der Waals surface area contributed by atoms with Crippen LogP contribution in [0.25, 0.3) is 23.0 Å². The molecule has 3 rings (SSSR count). The van der Waals surface area contributed by atoms with E-state index in [1.54, 1.807) is 31.2 Å². The van der Waals surface area contributed by atoms with Gasteiger partial charge in [0.2, 0.25) is 5.82 Å². The maximum Gasteiger partial charge on any atom is 0.274 e. The van der Waals surface area contributed by atoms with Crippen LogP contribution in [0.1, 0.15) is 11.3 Å². The monoisotopic (exact) mass is 268 g/mol. The highest BCUT2D eigenvalue weighted by atomic mass is 19.1. The van der Waals surface area contributed by atoms with E-state index in [1.165, 1.54) is 6.07 Å². The summed E-state index contributed by atoms with van der Waals surface area (Å²) in [5.41, 5.74) is 2.05. The minimum Gasteiger partial charge on any atom is -0.342 e. The van der Waals surface area contributed by atoms with Gasteiger partial charge in [0, 0.05) is 5.56 Å². The van der Waals surface area contributed by atoms with Crippen LogP contribution >= 0.6 is 0 Å². The van der Waals surface area contributed by atoms with Gasteiger partial charge in [-0.15, -0.1) is 0 Å². The van der Waals surface area contributed by atoms with E-state index in [9.17, 15) is 4.39 Å². The van der Waals surface area contributed by atoms with Gasteiger partial charge in [0.1, 0.15) is 23.3 Å². The summed E-state index contributed by atoms with van der Waals surface area (Å²) < 4.78 is 18.6. The topological polar surface area (TPSA) is 78.5 Å². The summed E-state index contributed by atoms with van der Waals surface area (Å²) in [6, 6.07) is 10.0. The first-order valence-electron chi connectivity index (χ1n) is 5.87. The molecule has 0 bridgehead atoms. The molecule has 2 aromatic heterocycles. The number of nitrogens with one attached hydrogen (secondary N) is 1. The Labute approximate surface area is 113 Å². The number of nitriles is 1. The second-order valence-corrected chi connectivity index (χ2v) is 4.28. The summed E-state index contributed by atoms with van der Waals surface area (Å²) in [6.45, 7) is 1.68. The van der Waals surface area contributed by atoms with Gasteiger partial charge in [0.25, 0.3) is 5.89 Å². The van der Waals surface area contributed by atoms with E-state index < -0.39 is 0 Å². The number of rotatable bonds is 2. The molecule has 0 saturated carbocycles. The van der Waals surface area contributed by atoms with E-state index in [2.05, 4.69) is 15.1 Å². The molecule has 5 nitrogen and oxygen atoms in total. The van der Waals surface area contributed by atoms with E-state index in [0.29, 0.717) is 28.3 Å². The van der Waals surface area contributed by atoms with Crippen molar-refractivity contribution in [2.24, 2.45) is 0 Å². The van der Waals surface area contributed by atoms with Crippen molar-refractivity contribution in [2.75, 3.05) is 0 Å². The van der Waals surface area contributed by atoms with Crippen LogP contribution in [0.3, 0.4) is 0 Å². The van der Waals surface area contributed by atoms with E-state index in [-0.39, 0.29) is 11.7 Å². The summed E-state index contributed by atoms with van der Waals surface area (Å²) in [7, 11) is 0. The molecule has 20 heavy (non-hydrogen) atoms. The molecule has 0 amide bonds. The van der Waals surface area contributed by atoms with Crippen LogP contribution in [0.5, 0.6) is 0 Å². The van der Waals surface area contributed by atoms with Crippen molar-refractivity contribution in [3.8, 4) is 29.0 Å². The van der Waals surface area contributed by atoms with E-state index in [0.717, 1.165) is 0 Å². The second-order valence-electron chi connectivity index (χ2n) is 4.28. The molecule has 0 unspecified atom stereocenters. The molecule has 0 spiro atoms. The molecule has 0 radical (unpaired) electrons. The van der Waals surface area contributed by atoms with Crippen molar-refractivity contribution in [3.05, 3.63) is 47.4 Å². The SMILES string of the molecule is Cc1ccc(-c2noc(-c3ccc(C#N)[nH]3)n2)cc1F. The number of H-pyrrole nitrogens is 1. The highest BCUT2D eigenvalue weighted by Gasteiger charge is 2.13. The molecule has 1 aromatic carbocycles. The number of nitrogens with zero attached hydrogens (tertiary/aromatic N) is 3. The zero-order valence-corrected chi connectivity index (χ0v) is 10.5. The van der Waals surface area contributed by atoms with Crippen molar-refractivity contribution in [3.63, 3.8) is 0 Å². The van der Waals surface area contributed by atoms with Crippen LogP contribution in [-0.4, -0.2) is 15.1 Å². The predicted octanol–water partition coefficient (Wildman–Crippen LogP) is 3.05. The number of hydrogen-bond donors (Lipinski definition) is 1. The molecule has 0 saturated heterocycles. The lowest BCUT2D eigenvalue weighted by Crippen LogP contribution is -1.86. The minimum atomic E-state index is -0.319. The number of aromatic amines is 1. The highest BCUT2D eigenvalue weighted by molar-refractivity contribution is 5.59. The maximum atomic E-state index is 13.5. The Morgan fingerprint density at radius 3 is 2.85 bits per heavy atom. The fourth-order valence-electron chi connectivity index (χ4n) is 1.77. The molecule has 3 aromatic rings. The molecule has 0 atom stereocenters. The van der Waals surface area contributed by atoms with Gasteiger partial charge in [-0.25, -0.2) is 4.39 Å². The predicted molar refractivity (Wildman–Crippen MR) is 68.9 cm³/mol. The first kappa shape index (κ1) is 12.1. The van der Waals surface area contributed by atoms with Gasteiger partial charge < -0.3 is 9.51 Å². The average Bonchev–Trinajstić information content (AvgIpc) is 3.09. The first-order chi connectivity index (χ1) is 9.67. The van der Waals surface area contributed by atoms with Crippen LogP contribution in [-0.2, 0) is 0 Å². The Hall–Kier alpha value is -2.94. The number of hydrogen-bond acceptors (Lipinski definition) is 4. The van der Waals surface area contributed by atoms with Crippen molar-refractivity contribution >= 4 is 0 Å². The van der Waals surface area contributed by atoms with Crippen LogP contribution in [0.4, 0.5) is 4.39 Å². The third-order valence-electron chi connectivity index (χ3n) is 2.89. The lowest BCUT2D eigenvalue weighted by Gasteiger charge is -1.97. The van der Waals surface area contributed by atoms with Crippen LogP contribution in [0, 0.1) is 24.1 Å². The second kappa shape index (κ2) is 4.63. The Kier molecular flexibility index (Phi) is 2.80. The highest BCUT2D eigenvalue weighted by Crippen LogP contribution is 2.23. The Bertz CT molecular complexity index is 813. The molecule has 1 N–H and O–H groups in total. The smallest absolute Gasteiger partial charge is 0.274 e. The van der Waals surface area contributed by atoms with E-state index in [4.69, 9.17) is 9.78 Å². The summed E-state index contributed by atoms with van der Waals surface area (Å²) >= 11 is 0. The lowest BCUT2D eigenvalue weighted by molar-refractivity contribution is 0.431. The normalized spacial score (nSPS) is 10.4. The van der Waals surface area contributed by atoms with E-state index in [1.807, 2.05) is 6.07 Å². The Morgan fingerprint density at radius 1 is 1.30 bits per heavy atom. The van der Waals surface area contributed by atoms with Gasteiger partial charge in [0.15, 0.2) is 0 Å². The molecular weight excluding hydrogens is 259 g/mol. The van der Waals surface area contributed by atoms with Gasteiger partial charge in [-0.2, -0.15) is 10.2 Å². The largest absolute Gasteiger partial charge is 0.342 e. The third kappa shape index (κ3) is 2.06. The molecule has 6 heteroatoms. The number of halogens is 1. The average molecular weight is 268 g/mol. The fraction of sp³-hybridized carbons (Fsp3) is 0.0714. The summed E-state index contributed by atoms with van der Waals surface area (Å²) in [6.07, 6.45) is 0. The van der Waals surface area contributed by atoms with E-state index >= 15 is 0 Å². The standard InChI is InChI=1S/C14H9FN4O/c1-8-2-3-9(6-11(8)15)13-18-14(20-19-13)12-5-4-10(7-16)17-12/h2-6,17H,1H3. The van der Waals surface area contributed by atoms with Gasteiger partial charge >= 0.3 is 0 Å². The van der Waals surface area contributed by atoms with Crippen molar-refractivity contribution in [2.45, 2.75) is 6.92 Å². The Balaban J connectivity index is 1.97. The zero-order chi connectivity index (χ0) is 14.1. The molecule has 98 valence electrons. The quantitative estimate of drug-likeness (QED) is 0.774. The summed E-state index contributed by atoms with van der Waals surface area (Å²) in [5, 5.41) is 12.6. The van der Waals surface area contributed by atoms with Crippen molar-refractivity contribution in [1.29, 1.82) is 5.26 Å². The maximum absolute atomic E-state index is 13.5. The van der Waals surface area contributed by atoms with Gasteiger partial charge in [-0.1, -0.05) is 17.3 Å². The molecule has 2 heterocycles. The molecule has 0 aliphatic heterocycles. The Morgan fingerprint density at radius 2 is 2.15 bits per heavy atom. The summed E-state index contributed by atoms with van der Waals surface area (Å²) in [4.78, 5) is 7.02. The van der Waals surface area contributed by atoms with Crippen molar-refractivity contribution < 1.29 is 8.91 Å². The number of aromatic nitrogens is 3. The molecule has 0 fully saturated rings. The molecule has 0 aliphatic rings. The van der Waals surface area contributed by atoms with Gasteiger partial charge in [-0.3, -0.25) is 0 Å². The minimum absolute atomic E-state index is 0.252. The molecular formula is C14H9FN4O. The van der Waals surface area contributed by atoms with Gasteiger partial charge in [0.05, 0.1) is 0 Å². The zero-order valence-electron chi connectivity index (χ0n) is 10.5. The molecule has 0 aliphatic carbocycles. The van der Waals surface area contributed by atoms with Crippen LogP contribution in [0.2, 0.25) is 0 Å². The summed E-state index contributed by atoms with van der Waals surface area (Å²) in [5.74, 6) is 0.231. The van der Waals surface area contributed by atoms with Crippen LogP contribution in [0.15, 0.2) is 34.9 Å². The number of benzene rings is 1. The van der Waals surface area contributed by atoms with Crippen LogP contribution < -0.4 is 0 Å². The number of aryl methyl sites for hydroxylation is 1. The fourth-order valence-corrected chi connectivity index (χ4v) is 1.77. The third-order valence-corrected chi connectivity index (χ3v) is 2.89. The lowest BCUT2D eigenvalue weighted by atomic mass is 10.1. The van der Waals surface area contributed by atoms with Gasteiger partial charge in [-0.05, 0) is 30.7 Å².